The molecule has 0 aliphatic rings. The minimum atomic E-state index is 0.539. The highest BCUT2D eigenvalue weighted by Crippen LogP contribution is 2.42. The third kappa shape index (κ3) is 5.87. The Kier molecular flexibility index (Phi) is 8.01. The molecule has 0 saturated carbocycles. The summed E-state index contributed by atoms with van der Waals surface area (Å²) in [6.45, 7) is 0. The highest BCUT2D eigenvalue weighted by molar-refractivity contribution is 7.25. The molecule has 4 heterocycles. The summed E-state index contributed by atoms with van der Waals surface area (Å²) in [7, 11) is 0. The zero-order valence-corrected chi connectivity index (χ0v) is 34.6. The molecule has 0 aliphatic carbocycles. The quantitative estimate of drug-likeness (QED) is 0.168. The van der Waals surface area contributed by atoms with Gasteiger partial charge in [-0.3, -0.25) is 0 Å². The molecule has 13 rings (SSSR count). The molecule has 4 aromatic heterocycles. The van der Waals surface area contributed by atoms with Crippen LogP contribution < -0.4 is 0 Å². The van der Waals surface area contributed by atoms with Crippen LogP contribution >= 0.6 is 11.3 Å². The number of thiophene rings is 1. The van der Waals surface area contributed by atoms with Gasteiger partial charge in [0.2, 0.25) is 0 Å². The van der Waals surface area contributed by atoms with Gasteiger partial charge in [-0.2, -0.15) is 0 Å². The Labute approximate surface area is 365 Å². The summed E-state index contributed by atoms with van der Waals surface area (Å²) in [4.78, 5) is 15.8. The molecule has 63 heavy (non-hydrogen) atoms. The normalized spacial score (nSPS) is 11.8. The Balaban J connectivity index is 1.08. The molecule has 0 bridgehead atoms. The van der Waals surface area contributed by atoms with E-state index in [0.29, 0.717) is 17.5 Å². The molecule has 0 fully saturated rings. The summed E-state index contributed by atoms with van der Waals surface area (Å²) in [5, 5.41) is 6.80. The lowest BCUT2D eigenvalue weighted by Gasteiger charge is -2.12. The highest BCUT2D eigenvalue weighted by atomic mass is 32.1. The molecule has 0 amide bonds. The van der Waals surface area contributed by atoms with Gasteiger partial charge in [0.25, 0.3) is 0 Å². The van der Waals surface area contributed by atoms with Gasteiger partial charge in [0.1, 0.15) is 11.2 Å². The van der Waals surface area contributed by atoms with Gasteiger partial charge in [-0.25, -0.2) is 15.0 Å². The summed E-state index contributed by atoms with van der Waals surface area (Å²) in [6, 6.07) is 72.8. The zero-order chi connectivity index (χ0) is 41.4. The standard InChI is InChI=1S/C57H34N4OS/c1-3-14-35(15-4-1)37-18-13-19-38(30-37)39-26-28-51-45(31-39)47-33-41(61-49-23-10-7-20-42(49)43-21-8-11-24-50(43)61)34-48(54(47)62-51)57-59-55(36-16-5-2-6-17-36)58-56(60-57)40-27-29-53-46(32-40)44-22-9-12-25-52(44)63-53/h1-34H. The Morgan fingerprint density at radius 3 is 1.67 bits per heavy atom. The van der Waals surface area contributed by atoms with E-state index >= 15 is 0 Å². The predicted octanol–water partition coefficient (Wildman–Crippen LogP) is 15.6. The van der Waals surface area contributed by atoms with Crippen LogP contribution in [0.25, 0.3) is 126 Å². The Bertz CT molecular complexity index is 3870. The number of para-hydroxylation sites is 2. The minimum Gasteiger partial charge on any atom is -0.455 e. The van der Waals surface area contributed by atoms with Gasteiger partial charge in [0.15, 0.2) is 17.5 Å². The molecular weight excluding hydrogens is 789 g/mol. The molecule has 0 radical (unpaired) electrons. The first-order valence-corrected chi connectivity index (χ1v) is 21.9. The van der Waals surface area contributed by atoms with E-state index in [-0.39, 0.29) is 0 Å². The first-order valence-electron chi connectivity index (χ1n) is 21.1. The lowest BCUT2D eigenvalue weighted by Crippen LogP contribution is -2.01. The SMILES string of the molecule is c1ccc(-c2cccc(-c3ccc4oc5c(-c6nc(-c7ccccc7)nc(-c7ccc8sc9ccccc9c8c7)n6)cc(-n6c7ccccc7c7ccccc76)cc5c4c3)c2)cc1. The molecule has 5 nitrogen and oxygen atoms in total. The van der Waals surface area contributed by atoms with Gasteiger partial charge < -0.3 is 8.98 Å². The van der Waals surface area contributed by atoms with Crippen LogP contribution in [0.15, 0.2) is 211 Å². The van der Waals surface area contributed by atoms with Gasteiger partial charge in [-0.15, -0.1) is 11.3 Å². The maximum Gasteiger partial charge on any atom is 0.167 e. The summed E-state index contributed by atoms with van der Waals surface area (Å²) >= 11 is 1.80. The number of benzene rings is 9. The molecule has 0 unspecified atom stereocenters. The number of hydrogen-bond donors (Lipinski definition) is 0. The van der Waals surface area contributed by atoms with Crippen molar-refractivity contribution >= 4 is 75.3 Å². The summed E-state index contributed by atoms with van der Waals surface area (Å²) < 4.78 is 11.8. The average molecular weight is 823 g/mol. The molecule has 294 valence electrons. The average Bonchev–Trinajstić information content (AvgIpc) is 4.03. The van der Waals surface area contributed by atoms with Crippen molar-refractivity contribution in [1.29, 1.82) is 0 Å². The lowest BCUT2D eigenvalue weighted by molar-refractivity contribution is 0.669. The number of aromatic nitrogens is 4. The van der Waals surface area contributed by atoms with Crippen molar-refractivity contribution in [3.8, 4) is 62.1 Å². The van der Waals surface area contributed by atoms with Crippen LogP contribution in [-0.4, -0.2) is 19.5 Å². The number of nitrogens with zero attached hydrogens (tertiary/aromatic N) is 4. The third-order valence-electron chi connectivity index (χ3n) is 12.2. The van der Waals surface area contributed by atoms with Crippen LogP contribution in [0.4, 0.5) is 0 Å². The van der Waals surface area contributed by atoms with Crippen LogP contribution in [0.1, 0.15) is 0 Å². The molecule has 0 N–H and O–H groups in total. The monoisotopic (exact) mass is 822 g/mol. The van der Waals surface area contributed by atoms with E-state index in [1.165, 1.54) is 42.1 Å². The van der Waals surface area contributed by atoms with E-state index in [4.69, 9.17) is 19.4 Å². The van der Waals surface area contributed by atoms with Crippen LogP contribution in [0, 0.1) is 0 Å². The maximum absolute atomic E-state index is 6.95. The number of rotatable bonds is 6. The Morgan fingerprint density at radius 1 is 0.349 bits per heavy atom. The molecule has 9 aromatic carbocycles. The van der Waals surface area contributed by atoms with Crippen molar-refractivity contribution in [3.05, 3.63) is 206 Å². The number of furan rings is 1. The van der Waals surface area contributed by atoms with Crippen LogP contribution in [-0.2, 0) is 0 Å². The second-order valence-corrected chi connectivity index (χ2v) is 17.1. The van der Waals surface area contributed by atoms with Crippen molar-refractivity contribution in [2.75, 3.05) is 0 Å². The van der Waals surface area contributed by atoms with Crippen molar-refractivity contribution < 1.29 is 4.42 Å². The van der Waals surface area contributed by atoms with Crippen molar-refractivity contribution in [3.63, 3.8) is 0 Å². The second kappa shape index (κ2) is 14.2. The van der Waals surface area contributed by atoms with Gasteiger partial charge in [-0.1, -0.05) is 140 Å². The third-order valence-corrected chi connectivity index (χ3v) is 13.4. The van der Waals surface area contributed by atoms with Gasteiger partial charge in [-0.05, 0) is 89.0 Å². The van der Waals surface area contributed by atoms with E-state index in [2.05, 4.69) is 193 Å². The van der Waals surface area contributed by atoms with Gasteiger partial charge in [0.05, 0.1) is 16.6 Å². The molecule has 0 spiro atoms. The van der Waals surface area contributed by atoms with E-state index in [0.717, 1.165) is 66.5 Å². The second-order valence-electron chi connectivity index (χ2n) is 16.0. The summed E-state index contributed by atoms with van der Waals surface area (Å²) in [5.41, 5.74) is 12.0. The number of fused-ring (bicyclic) bond motifs is 9. The fourth-order valence-corrected chi connectivity index (χ4v) is 10.3. The fraction of sp³-hybridized carbons (Fsp3) is 0. The van der Waals surface area contributed by atoms with Gasteiger partial charge in [0, 0.05) is 58.5 Å². The van der Waals surface area contributed by atoms with Crippen LogP contribution in [0.5, 0.6) is 0 Å². The van der Waals surface area contributed by atoms with Crippen LogP contribution in [0.3, 0.4) is 0 Å². The van der Waals surface area contributed by atoms with E-state index in [1.54, 1.807) is 11.3 Å². The van der Waals surface area contributed by atoms with E-state index < -0.39 is 0 Å². The van der Waals surface area contributed by atoms with E-state index in [1.807, 2.05) is 18.2 Å². The van der Waals surface area contributed by atoms with E-state index in [9.17, 15) is 0 Å². The largest absolute Gasteiger partial charge is 0.455 e. The Morgan fingerprint density at radius 2 is 0.905 bits per heavy atom. The summed E-state index contributed by atoms with van der Waals surface area (Å²) in [5.74, 6) is 1.73. The minimum absolute atomic E-state index is 0.539. The molecule has 0 aliphatic heterocycles. The highest BCUT2D eigenvalue weighted by Gasteiger charge is 2.22. The maximum atomic E-state index is 6.95. The smallest absolute Gasteiger partial charge is 0.167 e. The predicted molar refractivity (Wildman–Crippen MR) is 262 cm³/mol. The molecular formula is C57H34N4OS. The molecule has 0 saturated heterocycles. The topological polar surface area (TPSA) is 56.7 Å². The lowest BCUT2D eigenvalue weighted by atomic mass is 9.97. The van der Waals surface area contributed by atoms with Crippen molar-refractivity contribution in [2.24, 2.45) is 0 Å². The molecule has 13 aromatic rings. The molecule has 6 heteroatoms. The molecule has 0 atom stereocenters. The first kappa shape index (κ1) is 35.6. The van der Waals surface area contributed by atoms with Gasteiger partial charge >= 0.3 is 0 Å². The fourth-order valence-electron chi connectivity index (χ4n) is 9.25. The first-order chi connectivity index (χ1) is 31.2. The Hall–Kier alpha value is -8.19. The summed E-state index contributed by atoms with van der Waals surface area (Å²) in [6.07, 6.45) is 0. The van der Waals surface area contributed by atoms with Crippen molar-refractivity contribution in [1.82, 2.24) is 19.5 Å². The van der Waals surface area contributed by atoms with Crippen molar-refractivity contribution in [2.45, 2.75) is 0 Å². The number of hydrogen-bond acceptors (Lipinski definition) is 5. The zero-order valence-electron chi connectivity index (χ0n) is 33.7. The van der Waals surface area contributed by atoms with Crippen LogP contribution in [0.2, 0.25) is 0 Å².